The molecule has 1 N–H and O–H groups in total. The summed E-state index contributed by atoms with van der Waals surface area (Å²) in [4.78, 5) is 8.94. The maximum Gasteiger partial charge on any atom is 0.245 e. The summed E-state index contributed by atoms with van der Waals surface area (Å²) in [6.45, 7) is 10.5. The molecule has 2 heterocycles. The fourth-order valence-corrected chi connectivity index (χ4v) is 7.53. The smallest absolute Gasteiger partial charge is 0.245 e. The number of rotatable bonds is 1. The Balaban J connectivity index is 0.000000252. The van der Waals surface area contributed by atoms with Crippen molar-refractivity contribution in [3.63, 3.8) is 0 Å². The molecule has 0 amide bonds. The van der Waals surface area contributed by atoms with Gasteiger partial charge in [-0.2, -0.15) is 0 Å². The molecule has 0 unspecified atom stereocenters. The van der Waals surface area contributed by atoms with Gasteiger partial charge in [0, 0.05) is 28.7 Å². The molecule has 3 rings (SSSR count). The van der Waals surface area contributed by atoms with Crippen molar-refractivity contribution in [3.05, 3.63) is 75.9 Å². The SMILES string of the molecule is CC1=CP(=O)(O)C=C1C.CC1=C[P+](C)(c2ccccc2)C=C1C.[Fe]. The second-order valence-electron chi connectivity index (χ2n) is 6.40. The summed E-state index contributed by atoms with van der Waals surface area (Å²) in [6, 6.07) is 10.8. The quantitative estimate of drug-likeness (QED) is 0.472. The Bertz CT molecular complexity index is 734. The van der Waals surface area contributed by atoms with Crippen LogP contribution in [-0.2, 0) is 21.6 Å². The van der Waals surface area contributed by atoms with Crippen molar-refractivity contribution >= 4 is 19.9 Å². The molecule has 24 heavy (non-hydrogen) atoms. The van der Waals surface area contributed by atoms with Crippen molar-refractivity contribution in [1.82, 2.24) is 0 Å². The molecule has 0 spiro atoms. The van der Waals surface area contributed by atoms with Crippen LogP contribution >= 0.6 is 14.6 Å². The van der Waals surface area contributed by atoms with Crippen LogP contribution < -0.4 is 5.30 Å². The third-order valence-electron chi connectivity index (χ3n) is 4.24. The van der Waals surface area contributed by atoms with E-state index in [0.717, 1.165) is 11.1 Å². The number of hydrogen-bond acceptors (Lipinski definition) is 1. The summed E-state index contributed by atoms with van der Waals surface area (Å²) in [7, 11) is -4.09. The molecule has 130 valence electrons. The summed E-state index contributed by atoms with van der Waals surface area (Å²) >= 11 is 0. The molecule has 2 aliphatic rings. The van der Waals surface area contributed by atoms with Crippen molar-refractivity contribution in [1.29, 1.82) is 0 Å². The molecule has 0 bridgehead atoms. The first kappa shape index (κ1) is 21.4. The van der Waals surface area contributed by atoms with E-state index in [1.54, 1.807) is 0 Å². The van der Waals surface area contributed by atoms with Crippen molar-refractivity contribution in [3.8, 4) is 0 Å². The molecular weight excluding hydrogens is 378 g/mol. The van der Waals surface area contributed by atoms with Gasteiger partial charge in [0.2, 0.25) is 7.37 Å². The molecule has 1 aromatic carbocycles. The van der Waals surface area contributed by atoms with Gasteiger partial charge in [0.05, 0.1) is 25.6 Å². The predicted molar refractivity (Wildman–Crippen MR) is 104 cm³/mol. The summed E-state index contributed by atoms with van der Waals surface area (Å²) in [5.74, 6) is 7.75. The van der Waals surface area contributed by atoms with Crippen LogP contribution in [0.15, 0.2) is 75.9 Å². The molecule has 0 saturated heterocycles. The van der Waals surface area contributed by atoms with Gasteiger partial charge in [-0.05, 0) is 62.1 Å². The minimum atomic E-state index is -2.98. The first-order valence-corrected chi connectivity index (χ1v) is 11.8. The molecule has 0 saturated carbocycles. The van der Waals surface area contributed by atoms with Gasteiger partial charge < -0.3 is 4.89 Å². The summed E-state index contributed by atoms with van der Waals surface area (Å²) < 4.78 is 10.8. The van der Waals surface area contributed by atoms with Gasteiger partial charge in [0.25, 0.3) is 0 Å². The van der Waals surface area contributed by atoms with Crippen LogP contribution in [-0.4, -0.2) is 11.6 Å². The average Bonchev–Trinajstić information content (AvgIpc) is 2.87. The van der Waals surface area contributed by atoms with Crippen LogP contribution in [0.4, 0.5) is 0 Å². The second kappa shape index (κ2) is 8.13. The average molecular weight is 403 g/mol. The zero-order valence-corrected chi connectivity index (χ0v) is 17.7. The standard InChI is InChI=1S/C13H16P.C6H9O2P.Fe/c1-11-9-14(3,10-12(11)2)13-7-5-4-6-8-13;1-5-3-9(7,8)4-6(5)2;/h4-10H,1-3H3;3-4H,1-2H3,(H,7,8);/q+1;;. The van der Waals surface area contributed by atoms with Crippen molar-refractivity contribution in [2.24, 2.45) is 0 Å². The number of allylic oxidation sites excluding steroid dienone is 4. The van der Waals surface area contributed by atoms with Gasteiger partial charge in [-0.1, -0.05) is 18.2 Å². The fourth-order valence-electron chi connectivity index (χ4n) is 2.74. The molecular formula is C19H25FeO2P2+. The summed E-state index contributed by atoms with van der Waals surface area (Å²) in [5, 5.41) is 1.48. The topological polar surface area (TPSA) is 37.3 Å². The van der Waals surface area contributed by atoms with E-state index in [1.807, 2.05) is 13.8 Å². The van der Waals surface area contributed by atoms with Gasteiger partial charge in [0.15, 0.2) is 0 Å². The molecule has 0 aliphatic carbocycles. The Kier molecular flexibility index (Phi) is 7.24. The molecule has 5 heteroatoms. The van der Waals surface area contributed by atoms with Gasteiger partial charge in [0.1, 0.15) is 5.30 Å². The molecule has 0 atom stereocenters. The fraction of sp³-hybridized carbons (Fsp3) is 0.263. The first-order valence-electron chi connectivity index (χ1n) is 7.65. The van der Waals surface area contributed by atoms with E-state index >= 15 is 0 Å². The molecule has 0 radical (unpaired) electrons. The minimum absolute atomic E-state index is 0. The minimum Gasteiger partial charge on any atom is -0.339 e. The van der Waals surface area contributed by atoms with Crippen LogP contribution in [0, 0.1) is 0 Å². The largest absolute Gasteiger partial charge is 0.339 e. The molecule has 1 aromatic rings. The zero-order chi connectivity index (χ0) is 17.3. The van der Waals surface area contributed by atoms with Crippen LogP contribution in [0.5, 0.6) is 0 Å². The van der Waals surface area contributed by atoms with Gasteiger partial charge >= 0.3 is 0 Å². The normalized spacial score (nSPS) is 19.9. The van der Waals surface area contributed by atoms with Crippen LogP contribution in [0.3, 0.4) is 0 Å². The summed E-state index contributed by atoms with van der Waals surface area (Å²) in [5.41, 5.74) is 4.73. The predicted octanol–water partition coefficient (Wildman–Crippen LogP) is 5.86. The van der Waals surface area contributed by atoms with Crippen molar-refractivity contribution < 1.29 is 26.5 Å². The third kappa shape index (κ3) is 5.16. The van der Waals surface area contributed by atoms with Crippen LogP contribution in [0.2, 0.25) is 0 Å². The Labute approximate surface area is 156 Å². The number of hydrogen-bond donors (Lipinski definition) is 1. The second-order valence-corrected chi connectivity index (χ2v) is 11.6. The van der Waals surface area contributed by atoms with Crippen molar-refractivity contribution in [2.75, 3.05) is 6.66 Å². The Morgan fingerprint density at radius 1 is 0.833 bits per heavy atom. The van der Waals surface area contributed by atoms with Crippen molar-refractivity contribution in [2.45, 2.75) is 27.7 Å². The Hall–Kier alpha value is -0.681. The van der Waals surface area contributed by atoms with E-state index in [0.29, 0.717) is 0 Å². The monoisotopic (exact) mass is 403 g/mol. The Morgan fingerprint density at radius 3 is 1.58 bits per heavy atom. The van der Waals surface area contributed by atoms with Gasteiger partial charge in [-0.25, -0.2) is 0 Å². The maximum absolute atomic E-state index is 10.8. The van der Waals surface area contributed by atoms with Crippen LogP contribution in [0.25, 0.3) is 0 Å². The van der Waals surface area contributed by atoms with E-state index in [9.17, 15) is 4.57 Å². The zero-order valence-electron chi connectivity index (χ0n) is 14.8. The van der Waals surface area contributed by atoms with E-state index in [2.05, 4.69) is 62.5 Å². The first-order chi connectivity index (χ1) is 10.6. The van der Waals surface area contributed by atoms with Gasteiger partial charge in [-0.3, -0.25) is 4.57 Å². The molecule has 0 fully saturated rings. The van der Waals surface area contributed by atoms with E-state index < -0.39 is 14.6 Å². The molecule has 0 aromatic heterocycles. The molecule has 2 nitrogen and oxygen atoms in total. The van der Waals surface area contributed by atoms with E-state index in [4.69, 9.17) is 4.89 Å². The Morgan fingerprint density at radius 2 is 1.25 bits per heavy atom. The molecule has 2 aliphatic heterocycles. The van der Waals surface area contributed by atoms with E-state index in [-0.39, 0.29) is 17.1 Å². The van der Waals surface area contributed by atoms with Crippen LogP contribution in [0.1, 0.15) is 27.7 Å². The van der Waals surface area contributed by atoms with Gasteiger partial charge in [-0.15, -0.1) is 0 Å². The summed E-state index contributed by atoms with van der Waals surface area (Å²) in [6.07, 6.45) is 0. The number of benzene rings is 1. The third-order valence-corrected chi connectivity index (χ3v) is 9.01. The van der Waals surface area contributed by atoms with E-state index in [1.165, 1.54) is 28.1 Å². The maximum atomic E-state index is 10.8.